The summed E-state index contributed by atoms with van der Waals surface area (Å²) in [5.74, 6) is -0.261. The molecule has 0 spiro atoms. The highest BCUT2D eigenvalue weighted by molar-refractivity contribution is 5.83. The number of aromatic nitrogens is 1. The molecule has 0 aliphatic rings. The molecule has 0 fully saturated rings. The van der Waals surface area contributed by atoms with E-state index in [1.165, 1.54) is 24.3 Å². The highest BCUT2D eigenvalue weighted by Crippen LogP contribution is 2.29. The summed E-state index contributed by atoms with van der Waals surface area (Å²) in [6.07, 6.45) is -2.87. The number of rotatable bonds is 3. The molecule has 0 saturated heterocycles. The van der Waals surface area contributed by atoms with Crippen LogP contribution in [0.15, 0.2) is 54.7 Å². The van der Waals surface area contributed by atoms with E-state index >= 15 is 0 Å². The van der Waals surface area contributed by atoms with Crippen molar-refractivity contribution >= 4 is 10.9 Å². The van der Waals surface area contributed by atoms with Crippen LogP contribution in [0.3, 0.4) is 0 Å². The smallest absolute Gasteiger partial charge is 0.406 e. The molecule has 0 aliphatic carbocycles. The first kappa shape index (κ1) is 14.5. The molecule has 0 saturated carbocycles. The van der Waals surface area contributed by atoms with Crippen LogP contribution >= 0.6 is 0 Å². The van der Waals surface area contributed by atoms with E-state index in [0.717, 1.165) is 16.5 Å². The molecule has 6 heteroatoms. The van der Waals surface area contributed by atoms with Gasteiger partial charge in [0.25, 0.3) is 0 Å². The van der Waals surface area contributed by atoms with Gasteiger partial charge in [-0.25, -0.2) is 0 Å². The van der Waals surface area contributed by atoms with Crippen LogP contribution in [0.1, 0.15) is 17.2 Å². The second kappa shape index (κ2) is 5.38. The minimum Gasteiger partial charge on any atom is -0.406 e. The maximum Gasteiger partial charge on any atom is 0.573 e. The van der Waals surface area contributed by atoms with Crippen LogP contribution in [0.2, 0.25) is 0 Å². The lowest BCUT2D eigenvalue weighted by Gasteiger charge is -2.15. The number of hydrogen-bond acceptors (Lipinski definition) is 2. The van der Waals surface area contributed by atoms with Gasteiger partial charge < -0.3 is 15.5 Å². The van der Waals surface area contributed by atoms with Crippen molar-refractivity contribution in [2.45, 2.75) is 12.4 Å². The van der Waals surface area contributed by atoms with Gasteiger partial charge in [-0.3, -0.25) is 0 Å². The molecule has 1 atom stereocenters. The molecular formula is C16H13F3N2O. The van der Waals surface area contributed by atoms with Crippen LogP contribution in [-0.4, -0.2) is 11.3 Å². The Kier molecular flexibility index (Phi) is 3.54. The third-order valence-electron chi connectivity index (χ3n) is 3.44. The highest BCUT2D eigenvalue weighted by Gasteiger charge is 2.31. The Bertz CT molecular complexity index is 778. The lowest BCUT2D eigenvalue weighted by atomic mass is 9.97. The summed E-state index contributed by atoms with van der Waals surface area (Å²) >= 11 is 0. The Labute approximate surface area is 124 Å². The highest BCUT2D eigenvalue weighted by atomic mass is 19.4. The lowest BCUT2D eigenvalue weighted by Crippen LogP contribution is -2.17. The number of aromatic amines is 1. The molecule has 0 unspecified atom stereocenters. The number of ether oxygens (including phenoxy) is 1. The third-order valence-corrected chi connectivity index (χ3v) is 3.44. The normalized spacial score (nSPS) is 13.3. The van der Waals surface area contributed by atoms with Crippen LogP contribution in [0, 0.1) is 0 Å². The quantitative estimate of drug-likeness (QED) is 0.765. The first-order valence-corrected chi connectivity index (χ1v) is 6.61. The van der Waals surface area contributed by atoms with Crippen molar-refractivity contribution in [2.24, 2.45) is 5.73 Å². The SMILES string of the molecule is N[C@@H](c1ccc(OC(F)(F)F)cc1)c1cccc2[nH]ccc12. The van der Waals surface area contributed by atoms with Gasteiger partial charge in [0.1, 0.15) is 5.75 Å². The number of fused-ring (bicyclic) bond motifs is 1. The molecule has 1 aromatic heterocycles. The minimum atomic E-state index is -4.69. The van der Waals surface area contributed by atoms with Crippen LogP contribution in [0.5, 0.6) is 5.75 Å². The van der Waals surface area contributed by atoms with E-state index in [2.05, 4.69) is 9.72 Å². The summed E-state index contributed by atoms with van der Waals surface area (Å²) in [7, 11) is 0. The number of nitrogens with two attached hydrogens (primary N) is 1. The number of H-pyrrole nitrogens is 1. The second-order valence-electron chi connectivity index (χ2n) is 4.88. The van der Waals surface area contributed by atoms with Crippen molar-refractivity contribution < 1.29 is 17.9 Å². The van der Waals surface area contributed by atoms with Crippen LogP contribution in [-0.2, 0) is 0 Å². The summed E-state index contributed by atoms with van der Waals surface area (Å²) in [6, 6.07) is 12.8. The van der Waals surface area contributed by atoms with Gasteiger partial charge in [-0.05, 0) is 35.4 Å². The Morgan fingerprint density at radius 2 is 1.73 bits per heavy atom. The fourth-order valence-electron chi connectivity index (χ4n) is 2.44. The monoisotopic (exact) mass is 306 g/mol. The van der Waals surface area contributed by atoms with Crippen LogP contribution in [0.25, 0.3) is 10.9 Å². The summed E-state index contributed by atoms with van der Waals surface area (Å²) in [6.45, 7) is 0. The average Bonchev–Trinajstić information content (AvgIpc) is 2.94. The first-order chi connectivity index (χ1) is 10.4. The van der Waals surface area contributed by atoms with Crippen LogP contribution in [0.4, 0.5) is 13.2 Å². The van der Waals surface area contributed by atoms with Gasteiger partial charge >= 0.3 is 6.36 Å². The predicted octanol–water partition coefficient (Wildman–Crippen LogP) is 4.11. The molecule has 0 bridgehead atoms. The first-order valence-electron chi connectivity index (χ1n) is 6.61. The zero-order chi connectivity index (χ0) is 15.7. The van der Waals surface area contributed by atoms with E-state index in [1.807, 2.05) is 30.5 Å². The van der Waals surface area contributed by atoms with Gasteiger partial charge in [0, 0.05) is 17.1 Å². The fraction of sp³-hybridized carbons (Fsp3) is 0.125. The van der Waals surface area contributed by atoms with Gasteiger partial charge in [-0.2, -0.15) is 0 Å². The van der Waals surface area contributed by atoms with E-state index in [9.17, 15) is 13.2 Å². The number of hydrogen-bond donors (Lipinski definition) is 2. The minimum absolute atomic E-state index is 0.261. The molecule has 3 aromatic rings. The standard InChI is InChI=1S/C16H13F3N2O/c17-16(18,19)22-11-6-4-10(5-7-11)15(20)13-2-1-3-14-12(13)8-9-21-14/h1-9,15,21H,20H2/t15-/m0/s1. The zero-order valence-corrected chi connectivity index (χ0v) is 11.4. The maximum absolute atomic E-state index is 12.2. The Balaban J connectivity index is 1.89. The van der Waals surface area contributed by atoms with E-state index in [4.69, 9.17) is 5.73 Å². The van der Waals surface area contributed by atoms with Crippen molar-refractivity contribution in [3.8, 4) is 5.75 Å². The Hall–Kier alpha value is -2.47. The molecule has 114 valence electrons. The number of benzene rings is 2. The summed E-state index contributed by atoms with van der Waals surface area (Å²) in [5, 5.41) is 0.991. The van der Waals surface area contributed by atoms with E-state index < -0.39 is 12.4 Å². The van der Waals surface area contributed by atoms with Crippen LogP contribution < -0.4 is 10.5 Å². The summed E-state index contributed by atoms with van der Waals surface area (Å²) in [4.78, 5) is 3.10. The molecule has 3 N–H and O–H groups in total. The summed E-state index contributed by atoms with van der Waals surface area (Å²) < 4.78 is 40.3. The van der Waals surface area contributed by atoms with E-state index in [-0.39, 0.29) is 5.75 Å². The molecule has 2 aromatic carbocycles. The van der Waals surface area contributed by atoms with Crippen molar-refractivity contribution in [3.05, 3.63) is 65.9 Å². The molecule has 3 nitrogen and oxygen atoms in total. The zero-order valence-electron chi connectivity index (χ0n) is 11.4. The molecule has 0 aliphatic heterocycles. The van der Waals surface area contributed by atoms with Crippen molar-refractivity contribution in [1.29, 1.82) is 0 Å². The second-order valence-corrected chi connectivity index (χ2v) is 4.88. The van der Waals surface area contributed by atoms with Crippen molar-refractivity contribution in [1.82, 2.24) is 4.98 Å². The third kappa shape index (κ3) is 2.92. The van der Waals surface area contributed by atoms with Gasteiger partial charge in [-0.1, -0.05) is 24.3 Å². The topological polar surface area (TPSA) is 51.0 Å². The molecule has 1 heterocycles. The van der Waals surface area contributed by atoms with Crippen molar-refractivity contribution in [3.63, 3.8) is 0 Å². The molecule has 22 heavy (non-hydrogen) atoms. The Morgan fingerprint density at radius 1 is 1.00 bits per heavy atom. The molecule has 0 radical (unpaired) electrons. The van der Waals surface area contributed by atoms with Gasteiger partial charge in [0.2, 0.25) is 0 Å². The number of alkyl halides is 3. The maximum atomic E-state index is 12.2. The number of halogens is 3. The van der Waals surface area contributed by atoms with Gasteiger partial charge in [0.15, 0.2) is 0 Å². The molecule has 0 amide bonds. The fourth-order valence-corrected chi connectivity index (χ4v) is 2.44. The van der Waals surface area contributed by atoms with E-state index in [1.54, 1.807) is 0 Å². The average molecular weight is 306 g/mol. The summed E-state index contributed by atoms with van der Waals surface area (Å²) in [5.41, 5.74) is 8.82. The molecular weight excluding hydrogens is 293 g/mol. The lowest BCUT2D eigenvalue weighted by molar-refractivity contribution is -0.274. The predicted molar refractivity (Wildman–Crippen MR) is 77.5 cm³/mol. The Morgan fingerprint density at radius 3 is 2.41 bits per heavy atom. The van der Waals surface area contributed by atoms with E-state index in [0.29, 0.717) is 5.56 Å². The van der Waals surface area contributed by atoms with Crippen molar-refractivity contribution in [2.75, 3.05) is 0 Å². The van der Waals surface area contributed by atoms with Gasteiger partial charge in [-0.15, -0.1) is 13.2 Å². The largest absolute Gasteiger partial charge is 0.573 e. The molecule has 3 rings (SSSR count). The van der Waals surface area contributed by atoms with Gasteiger partial charge in [0.05, 0.1) is 6.04 Å². The number of nitrogens with one attached hydrogen (secondary N) is 1.